The average Bonchev–Trinajstić information content (AvgIpc) is 2.52. The molecule has 25 heavy (non-hydrogen) atoms. The van der Waals surface area contributed by atoms with Crippen molar-refractivity contribution in [2.24, 2.45) is 0 Å². The number of likely N-dealkylation sites (N-methyl/N-ethyl adjacent to an activating group) is 1. The van der Waals surface area contributed by atoms with Crippen molar-refractivity contribution < 1.29 is 23.8 Å². The lowest BCUT2D eigenvalue weighted by Gasteiger charge is -2.34. The topological polar surface area (TPSA) is 82.1 Å². The molecule has 0 radical (unpaired) electrons. The summed E-state index contributed by atoms with van der Waals surface area (Å²) in [6.07, 6.45) is -0.331. The molecule has 0 aliphatic carbocycles. The number of hydrogen-bond acceptors (Lipinski definition) is 4. The molecule has 1 saturated heterocycles. The van der Waals surface area contributed by atoms with E-state index < -0.39 is 17.8 Å². The number of aliphatic carboxylic acids is 1. The molecule has 1 heterocycles. The van der Waals surface area contributed by atoms with Crippen molar-refractivity contribution >= 4 is 40.9 Å². The molecular formula is C15H18Cl2FN3O4. The molecule has 2 rings (SSSR count). The lowest BCUT2D eigenvalue weighted by molar-refractivity contribution is -0.138. The van der Waals surface area contributed by atoms with E-state index in [1.165, 1.54) is 11.0 Å². The third kappa shape index (κ3) is 5.71. The van der Waals surface area contributed by atoms with Gasteiger partial charge < -0.3 is 20.1 Å². The third-order valence-corrected chi connectivity index (χ3v) is 4.32. The number of carbonyl (C=O) groups is 2. The maximum atomic E-state index is 13.9. The highest BCUT2D eigenvalue weighted by Crippen LogP contribution is 2.28. The van der Waals surface area contributed by atoms with Crippen LogP contribution >= 0.6 is 23.2 Å². The number of nitrogens with zero attached hydrogens (tertiary/aromatic N) is 2. The Labute approximate surface area is 154 Å². The van der Waals surface area contributed by atoms with Crippen LogP contribution in [0.1, 0.15) is 0 Å². The second kappa shape index (κ2) is 8.66. The number of urea groups is 1. The Bertz CT molecular complexity index is 662. The smallest absolute Gasteiger partial charge is 0.322 e. The van der Waals surface area contributed by atoms with Crippen LogP contribution in [0.15, 0.2) is 12.1 Å². The number of carboxylic acids is 1. The van der Waals surface area contributed by atoms with E-state index in [1.54, 1.807) is 11.9 Å². The number of morpholine rings is 1. The fraction of sp³-hybridized carbons (Fsp3) is 0.467. The van der Waals surface area contributed by atoms with Crippen LogP contribution in [0.3, 0.4) is 0 Å². The number of carboxylic acid groups (broad SMARTS) is 1. The van der Waals surface area contributed by atoms with E-state index in [0.29, 0.717) is 19.7 Å². The fourth-order valence-corrected chi connectivity index (χ4v) is 2.78. The second-order valence-corrected chi connectivity index (χ2v) is 6.52. The van der Waals surface area contributed by atoms with Crippen molar-refractivity contribution in [3.05, 3.63) is 28.0 Å². The number of anilines is 1. The molecule has 1 aromatic carbocycles. The monoisotopic (exact) mass is 393 g/mol. The Morgan fingerprint density at radius 2 is 2.12 bits per heavy atom. The van der Waals surface area contributed by atoms with E-state index in [4.69, 9.17) is 33.0 Å². The summed E-state index contributed by atoms with van der Waals surface area (Å²) in [5.74, 6) is -1.63. The van der Waals surface area contributed by atoms with Crippen LogP contribution in [0.5, 0.6) is 0 Å². The van der Waals surface area contributed by atoms with Gasteiger partial charge in [0, 0.05) is 19.6 Å². The van der Waals surface area contributed by atoms with Gasteiger partial charge in [0.15, 0.2) is 0 Å². The summed E-state index contributed by atoms with van der Waals surface area (Å²) >= 11 is 11.6. The van der Waals surface area contributed by atoms with Gasteiger partial charge in [-0.15, -0.1) is 0 Å². The van der Waals surface area contributed by atoms with Crippen LogP contribution in [0, 0.1) is 5.82 Å². The minimum absolute atomic E-state index is 0.0602. The molecule has 1 fully saturated rings. The Morgan fingerprint density at radius 3 is 2.80 bits per heavy atom. The minimum Gasteiger partial charge on any atom is -0.480 e. The number of hydrogen-bond donors (Lipinski definition) is 2. The number of carbonyl (C=O) groups excluding carboxylic acids is 1. The molecule has 1 aliphatic heterocycles. The third-order valence-electron chi connectivity index (χ3n) is 3.60. The standard InChI is InChI=1S/C15H18Cl2FN3O4/c1-20(8-14(22)23)6-9-7-21(2-3-25-9)15(24)19-13-5-11(17)10(16)4-12(13)18/h4-5,9H,2-3,6-8H2,1H3,(H,19,24)(H,22,23). The molecule has 1 aromatic rings. The zero-order valence-electron chi connectivity index (χ0n) is 13.5. The first kappa shape index (κ1) is 19.7. The predicted molar refractivity (Wildman–Crippen MR) is 91.9 cm³/mol. The molecule has 10 heteroatoms. The van der Waals surface area contributed by atoms with Crippen molar-refractivity contribution in [3.8, 4) is 0 Å². The first-order valence-electron chi connectivity index (χ1n) is 7.48. The number of nitrogens with one attached hydrogen (secondary N) is 1. The quantitative estimate of drug-likeness (QED) is 0.750. The van der Waals surface area contributed by atoms with Crippen molar-refractivity contribution in [2.45, 2.75) is 6.10 Å². The van der Waals surface area contributed by atoms with Gasteiger partial charge in [0.1, 0.15) is 5.82 Å². The van der Waals surface area contributed by atoms with E-state index in [9.17, 15) is 14.0 Å². The highest BCUT2D eigenvalue weighted by Gasteiger charge is 2.26. The number of benzene rings is 1. The lowest BCUT2D eigenvalue weighted by Crippen LogP contribution is -2.50. The summed E-state index contributed by atoms with van der Waals surface area (Å²) in [5.41, 5.74) is -0.0644. The molecular weight excluding hydrogens is 376 g/mol. The van der Waals surface area contributed by atoms with Gasteiger partial charge in [-0.05, 0) is 19.2 Å². The number of ether oxygens (including phenoxy) is 1. The molecule has 0 saturated carbocycles. The molecule has 0 spiro atoms. The average molecular weight is 394 g/mol. The Balaban J connectivity index is 1.95. The zero-order valence-corrected chi connectivity index (χ0v) is 15.0. The molecule has 1 aliphatic rings. The summed E-state index contributed by atoms with van der Waals surface area (Å²) in [7, 11) is 1.65. The Morgan fingerprint density at radius 1 is 1.44 bits per heavy atom. The molecule has 0 aromatic heterocycles. The van der Waals surface area contributed by atoms with Gasteiger partial charge in [-0.1, -0.05) is 23.2 Å². The van der Waals surface area contributed by atoms with Gasteiger partial charge >= 0.3 is 12.0 Å². The van der Waals surface area contributed by atoms with Crippen LogP contribution < -0.4 is 5.32 Å². The summed E-state index contributed by atoms with van der Waals surface area (Å²) in [6, 6.07) is 1.78. The summed E-state index contributed by atoms with van der Waals surface area (Å²) in [4.78, 5) is 26.1. The lowest BCUT2D eigenvalue weighted by atomic mass is 10.2. The first-order valence-corrected chi connectivity index (χ1v) is 8.24. The molecule has 138 valence electrons. The number of halogens is 3. The van der Waals surface area contributed by atoms with E-state index in [2.05, 4.69) is 5.32 Å². The molecule has 0 bridgehead atoms. The largest absolute Gasteiger partial charge is 0.480 e. The van der Waals surface area contributed by atoms with Crippen molar-refractivity contribution in [1.82, 2.24) is 9.80 Å². The molecule has 7 nitrogen and oxygen atoms in total. The summed E-state index contributed by atoms with van der Waals surface area (Å²) in [5, 5.41) is 11.4. The normalized spacial score (nSPS) is 17.6. The zero-order chi connectivity index (χ0) is 18.6. The van der Waals surface area contributed by atoms with E-state index in [0.717, 1.165) is 6.07 Å². The number of amides is 2. The fourth-order valence-electron chi connectivity index (χ4n) is 2.47. The van der Waals surface area contributed by atoms with Crippen LogP contribution in [0.4, 0.5) is 14.9 Å². The van der Waals surface area contributed by atoms with E-state index in [1.807, 2.05) is 0 Å². The van der Waals surface area contributed by atoms with Crippen LogP contribution in [-0.4, -0.2) is 72.8 Å². The van der Waals surface area contributed by atoms with Crippen molar-refractivity contribution in [2.75, 3.05) is 45.2 Å². The minimum atomic E-state index is -0.942. The van der Waals surface area contributed by atoms with Crippen LogP contribution in [-0.2, 0) is 9.53 Å². The first-order chi connectivity index (χ1) is 11.8. The summed E-state index contributed by atoms with van der Waals surface area (Å²) in [6.45, 7) is 1.15. The van der Waals surface area contributed by atoms with Crippen LogP contribution in [0.2, 0.25) is 10.0 Å². The Hall–Kier alpha value is -1.61. The summed E-state index contributed by atoms with van der Waals surface area (Å²) < 4.78 is 19.4. The molecule has 1 unspecified atom stereocenters. The van der Waals surface area contributed by atoms with Gasteiger partial charge in [-0.2, -0.15) is 0 Å². The van der Waals surface area contributed by atoms with Gasteiger partial charge in [0.2, 0.25) is 0 Å². The molecule has 2 amide bonds. The van der Waals surface area contributed by atoms with Gasteiger partial charge in [-0.3, -0.25) is 9.69 Å². The maximum Gasteiger partial charge on any atom is 0.322 e. The van der Waals surface area contributed by atoms with E-state index in [-0.39, 0.29) is 34.9 Å². The second-order valence-electron chi connectivity index (χ2n) is 5.71. The number of rotatable bonds is 5. The SMILES string of the molecule is CN(CC(=O)O)CC1CN(C(=O)Nc2cc(Cl)c(Cl)cc2F)CCO1. The molecule has 1 atom stereocenters. The van der Waals surface area contributed by atoms with Gasteiger partial charge in [0.05, 0.1) is 35.0 Å². The highest BCUT2D eigenvalue weighted by atomic mass is 35.5. The van der Waals surface area contributed by atoms with Crippen LogP contribution in [0.25, 0.3) is 0 Å². The van der Waals surface area contributed by atoms with Gasteiger partial charge in [-0.25, -0.2) is 9.18 Å². The molecule has 2 N–H and O–H groups in total. The van der Waals surface area contributed by atoms with Crippen molar-refractivity contribution in [3.63, 3.8) is 0 Å². The van der Waals surface area contributed by atoms with Crippen molar-refractivity contribution in [1.29, 1.82) is 0 Å². The predicted octanol–water partition coefficient (Wildman–Crippen LogP) is 2.38. The highest BCUT2D eigenvalue weighted by molar-refractivity contribution is 6.42. The van der Waals surface area contributed by atoms with E-state index >= 15 is 0 Å². The maximum absolute atomic E-state index is 13.9. The van der Waals surface area contributed by atoms with Gasteiger partial charge in [0.25, 0.3) is 0 Å². The Kier molecular flexibility index (Phi) is 6.83.